The van der Waals surface area contributed by atoms with Crippen LogP contribution < -0.4 is 10.6 Å². The summed E-state index contributed by atoms with van der Waals surface area (Å²) in [6, 6.07) is 0.486. The number of hydrogen-bond acceptors (Lipinski definition) is 2. The molecule has 0 aromatic heterocycles. The molecular weight excluding hydrogens is 302 g/mol. The van der Waals surface area contributed by atoms with Gasteiger partial charge in [-0.25, -0.2) is 4.79 Å². The molecule has 2 aliphatic carbocycles. The maximum atomic E-state index is 12.8. The van der Waals surface area contributed by atoms with Crippen molar-refractivity contribution in [2.45, 2.75) is 77.2 Å². The number of urea groups is 1. The van der Waals surface area contributed by atoms with Gasteiger partial charge in [-0.15, -0.1) is 0 Å². The molecule has 1 aliphatic heterocycles. The summed E-state index contributed by atoms with van der Waals surface area (Å²) in [5, 5.41) is 6.27. The number of amides is 3. The fraction of sp³-hybridized carbons (Fsp3) is 0.895. The van der Waals surface area contributed by atoms with Crippen molar-refractivity contribution >= 4 is 11.9 Å². The molecule has 1 unspecified atom stereocenters. The maximum Gasteiger partial charge on any atom is 0.317 e. The molecule has 3 aliphatic rings. The minimum Gasteiger partial charge on any atom is -0.356 e. The van der Waals surface area contributed by atoms with Crippen LogP contribution in [0.1, 0.15) is 71.1 Å². The summed E-state index contributed by atoms with van der Waals surface area (Å²) in [5.41, 5.74) is 0.227. The third-order valence-electron chi connectivity index (χ3n) is 6.48. The van der Waals surface area contributed by atoms with E-state index >= 15 is 0 Å². The van der Waals surface area contributed by atoms with Gasteiger partial charge in [-0.3, -0.25) is 4.79 Å². The number of nitrogens with zero attached hydrogens (tertiary/aromatic N) is 1. The number of carbonyl (C=O) groups excluding carboxylic acids is 2. The SMILES string of the molecule is CC(=O)NCC1CN(C(=O)NC2CCCCC2)CC12CCCCC2. The number of nitrogens with one attached hydrogen (secondary N) is 2. The van der Waals surface area contributed by atoms with Crippen molar-refractivity contribution in [1.29, 1.82) is 0 Å². The second-order valence-electron chi connectivity index (χ2n) is 8.22. The number of carbonyl (C=O) groups is 2. The Morgan fingerprint density at radius 1 is 1.04 bits per heavy atom. The predicted octanol–water partition coefficient (Wildman–Crippen LogP) is 3.05. The molecule has 5 nitrogen and oxygen atoms in total. The van der Waals surface area contributed by atoms with Gasteiger partial charge in [0.25, 0.3) is 0 Å². The van der Waals surface area contributed by atoms with Crippen LogP contribution >= 0.6 is 0 Å². The fourth-order valence-electron chi connectivity index (χ4n) is 5.07. The van der Waals surface area contributed by atoms with Crippen LogP contribution in [0.3, 0.4) is 0 Å². The van der Waals surface area contributed by atoms with Crippen molar-refractivity contribution in [3.05, 3.63) is 0 Å². The average molecular weight is 335 g/mol. The first-order valence-corrected chi connectivity index (χ1v) is 9.89. The van der Waals surface area contributed by atoms with E-state index in [0.29, 0.717) is 18.5 Å². The van der Waals surface area contributed by atoms with Crippen LogP contribution in [0.5, 0.6) is 0 Å². The lowest BCUT2D eigenvalue weighted by molar-refractivity contribution is -0.119. The van der Waals surface area contributed by atoms with Crippen LogP contribution in [0.4, 0.5) is 4.79 Å². The lowest BCUT2D eigenvalue weighted by Crippen LogP contribution is -2.45. The van der Waals surface area contributed by atoms with Crippen LogP contribution in [0.25, 0.3) is 0 Å². The van der Waals surface area contributed by atoms with Crippen LogP contribution in [-0.2, 0) is 4.79 Å². The van der Waals surface area contributed by atoms with Gasteiger partial charge in [-0.1, -0.05) is 38.5 Å². The van der Waals surface area contributed by atoms with E-state index in [-0.39, 0.29) is 17.4 Å². The van der Waals surface area contributed by atoms with E-state index in [4.69, 9.17) is 0 Å². The molecule has 0 aromatic carbocycles. The van der Waals surface area contributed by atoms with Gasteiger partial charge >= 0.3 is 6.03 Å². The molecule has 5 heteroatoms. The average Bonchev–Trinajstić information content (AvgIpc) is 2.92. The zero-order chi connectivity index (χ0) is 17.0. The Labute approximate surface area is 145 Å². The largest absolute Gasteiger partial charge is 0.356 e. The van der Waals surface area contributed by atoms with E-state index in [1.54, 1.807) is 6.92 Å². The molecule has 2 N–H and O–H groups in total. The van der Waals surface area contributed by atoms with Crippen molar-refractivity contribution in [2.75, 3.05) is 19.6 Å². The lowest BCUT2D eigenvalue weighted by atomic mass is 9.68. The van der Waals surface area contributed by atoms with E-state index in [0.717, 1.165) is 25.9 Å². The van der Waals surface area contributed by atoms with Gasteiger partial charge < -0.3 is 15.5 Å². The van der Waals surface area contributed by atoms with Crippen molar-refractivity contribution in [2.24, 2.45) is 11.3 Å². The van der Waals surface area contributed by atoms with Crippen LogP contribution in [-0.4, -0.2) is 42.5 Å². The first-order valence-electron chi connectivity index (χ1n) is 9.89. The molecule has 3 fully saturated rings. The van der Waals surface area contributed by atoms with Gasteiger partial charge in [0.2, 0.25) is 5.91 Å². The normalized spacial score (nSPS) is 27.2. The molecule has 1 heterocycles. The van der Waals surface area contributed by atoms with E-state index in [1.807, 2.05) is 4.90 Å². The Kier molecular flexibility index (Phi) is 5.67. The molecule has 136 valence electrons. The van der Waals surface area contributed by atoms with E-state index in [1.165, 1.54) is 51.4 Å². The molecule has 1 atom stereocenters. The van der Waals surface area contributed by atoms with E-state index < -0.39 is 0 Å². The monoisotopic (exact) mass is 335 g/mol. The molecule has 3 amide bonds. The Hall–Kier alpha value is -1.26. The molecule has 0 aromatic rings. The predicted molar refractivity (Wildman–Crippen MR) is 94.7 cm³/mol. The number of hydrogen-bond donors (Lipinski definition) is 2. The summed E-state index contributed by atoms with van der Waals surface area (Å²) < 4.78 is 0. The summed E-state index contributed by atoms with van der Waals surface area (Å²) in [4.78, 5) is 26.1. The Morgan fingerprint density at radius 3 is 2.38 bits per heavy atom. The summed E-state index contributed by atoms with van der Waals surface area (Å²) in [5.74, 6) is 0.435. The Bertz CT molecular complexity index is 454. The first kappa shape index (κ1) is 17.6. The van der Waals surface area contributed by atoms with Crippen LogP contribution in [0.2, 0.25) is 0 Å². The smallest absolute Gasteiger partial charge is 0.317 e. The number of rotatable bonds is 3. The lowest BCUT2D eigenvalue weighted by Gasteiger charge is -2.38. The second kappa shape index (κ2) is 7.75. The van der Waals surface area contributed by atoms with E-state index in [2.05, 4.69) is 10.6 Å². The van der Waals surface area contributed by atoms with Crippen molar-refractivity contribution in [3.8, 4) is 0 Å². The molecule has 3 rings (SSSR count). The summed E-state index contributed by atoms with van der Waals surface area (Å²) in [6.07, 6.45) is 12.2. The Balaban J connectivity index is 1.61. The first-order chi connectivity index (χ1) is 11.6. The molecule has 1 spiro atoms. The van der Waals surface area contributed by atoms with Gasteiger partial charge in [0.05, 0.1) is 0 Å². The van der Waals surface area contributed by atoms with Gasteiger partial charge in [0.15, 0.2) is 0 Å². The van der Waals surface area contributed by atoms with Gasteiger partial charge in [0.1, 0.15) is 0 Å². The fourth-order valence-corrected chi connectivity index (χ4v) is 5.07. The molecular formula is C19H33N3O2. The molecule has 0 bridgehead atoms. The highest BCUT2D eigenvalue weighted by atomic mass is 16.2. The van der Waals surface area contributed by atoms with Crippen LogP contribution in [0, 0.1) is 11.3 Å². The standard InChI is InChI=1S/C19H33N3O2/c1-15(23)20-12-16-13-22(14-19(16)10-6-3-7-11-19)18(24)21-17-8-4-2-5-9-17/h16-17H,2-14H2,1H3,(H,20,23)(H,21,24). The van der Waals surface area contributed by atoms with E-state index in [9.17, 15) is 9.59 Å². The molecule has 1 saturated heterocycles. The molecule has 0 radical (unpaired) electrons. The maximum absolute atomic E-state index is 12.8. The third kappa shape index (κ3) is 4.04. The topological polar surface area (TPSA) is 61.4 Å². The summed E-state index contributed by atoms with van der Waals surface area (Å²) in [7, 11) is 0. The van der Waals surface area contributed by atoms with Gasteiger partial charge in [0, 0.05) is 38.5 Å². The minimum atomic E-state index is 0.0334. The van der Waals surface area contributed by atoms with Crippen LogP contribution in [0.15, 0.2) is 0 Å². The molecule has 2 saturated carbocycles. The highest BCUT2D eigenvalue weighted by Gasteiger charge is 2.48. The quantitative estimate of drug-likeness (QED) is 0.833. The number of likely N-dealkylation sites (tertiary alicyclic amines) is 1. The summed E-state index contributed by atoms with van der Waals surface area (Å²) >= 11 is 0. The minimum absolute atomic E-state index is 0.0334. The van der Waals surface area contributed by atoms with Crippen molar-refractivity contribution in [3.63, 3.8) is 0 Å². The van der Waals surface area contributed by atoms with Crippen molar-refractivity contribution < 1.29 is 9.59 Å². The molecule has 24 heavy (non-hydrogen) atoms. The highest BCUT2D eigenvalue weighted by molar-refractivity contribution is 5.75. The third-order valence-corrected chi connectivity index (χ3v) is 6.48. The van der Waals surface area contributed by atoms with Crippen molar-refractivity contribution in [1.82, 2.24) is 15.5 Å². The zero-order valence-electron chi connectivity index (χ0n) is 15.1. The zero-order valence-corrected chi connectivity index (χ0v) is 15.1. The summed E-state index contributed by atoms with van der Waals surface area (Å²) in [6.45, 7) is 3.95. The van der Waals surface area contributed by atoms with Gasteiger partial charge in [-0.05, 0) is 31.1 Å². The highest BCUT2D eigenvalue weighted by Crippen LogP contribution is 2.47. The second-order valence-corrected chi connectivity index (χ2v) is 8.22. The van der Waals surface area contributed by atoms with Gasteiger partial charge in [-0.2, -0.15) is 0 Å². The Morgan fingerprint density at radius 2 is 1.71 bits per heavy atom.